The Morgan fingerprint density at radius 1 is 1.23 bits per heavy atom. The summed E-state index contributed by atoms with van der Waals surface area (Å²) in [7, 11) is 0. The number of nitrogens with one attached hydrogen (secondary N) is 1. The first-order valence-corrected chi connectivity index (χ1v) is 7.18. The van der Waals surface area contributed by atoms with Crippen molar-refractivity contribution < 1.29 is 9.66 Å². The van der Waals surface area contributed by atoms with E-state index < -0.39 is 4.92 Å². The zero-order chi connectivity index (χ0) is 15.9. The van der Waals surface area contributed by atoms with Gasteiger partial charge in [0.1, 0.15) is 0 Å². The van der Waals surface area contributed by atoms with Gasteiger partial charge in [-0.15, -0.1) is 0 Å². The molecule has 2 aromatic rings. The van der Waals surface area contributed by atoms with Crippen LogP contribution in [-0.2, 0) is 11.3 Å². The Hall–Kier alpha value is -1.89. The fourth-order valence-electron chi connectivity index (χ4n) is 1.72. The summed E-state index contributed by atoms with van der Waals surface area (Å²) in [6, 6.07) is 8.59. The van der Waals surface area contributed by atoms with Crippen LogP contribution in [0.2, 0.25) is 10.0 Å². The van der Waals surface area contributed by atoms with Crippen LogP contribution in [-0.4, -0.2) is 23.1 Å². The Kier molecular flexibility index (Phi) is 5.94. The molecular formula is C14H13Cl2N3O3. The summed E-state index contributed by atoms with van der Waals surface area (Å²) < 4.78 is 5.48. The molecule has 1 N–H and O–H groups in total. The number of hydrogen-bond donors (Lipinski definition) is 1. The lowest BCUT2D eigenvalue weighted by Crippen LogP contribution is -2.11. The number of ether oxygens (including phenoxy) is 1. The summed E-state index contributed by atoms with van der Waals surface area (Å²) in [4.78, 5) is 14.3. The lowest BCUT2D eigenvalue weighted by Gasteiger charge is -2.07. The third-order valence-corrected chi connectivity index (χ3v) is 3.21. The van der Waals surface area contributed by atoms with Crippen molar-refractivity contribution in [1.29, 1.82) is 0 Å². The number of hydrogen-bond acceptors (Lipinski definition) is 5. The third-order valence-electron chi connectivity index (χ3n) is 2.75. The normalized spacial score (nSPS) is 10.5. The molecule has 0 fully saturated rings. The van der Waals surface area contributed by atoms with Crippen LogP contribution in [0.15, 0.2) is 36.5 Å². The second-order valence-electron chi connectivity index (χ2n) is 4.38. The molecule has 8 heteroatoms. The zero-order valence-electron chi connectivity index (χ0n) is 11.5. The van der Waals surface area contributed by atoms with Crippen LogP contribution < -0.4 is 5.32 Å². The highest BCUT2D eigenvalue weighted by atomic mass is 35.5. The fraction of sp³-hybridized carbons (Fsp3) is 0.214. The monoisotopic (exact) mass is 341 g/mol. The summed E-state index contributed by atoms with van der Waals surface area (Å²) in [6.07, 6.45) is 1.35. The number of benzene rings is 1. The van der Waals surface area contributed by atoms with Gasteiger partial charge in [-0.3, -0.25) is 10.1 Å². The van der Waals surface area contributed by atoms with Crippen molar-refractivity contribution in [2.45, 2.75) is 6.61 Å². The number of pyridine rings is 1. The standard InChI is InChI=1S/C14H13Cl2N3O3/c15-11-3-1-10(2-4-11)9-22-6-5-17-14-13(19(20)21)7-12(16)8-18-14/h1-4,7-8H,5-6,9H2,(H,17,18). The summed E-state index contributed by atoms with van der Waals surface area (Å²) in [5.74, 6) is 0.171. The van der Waals surface area contributed by atoms with E-state index in [9.17, 15) is 10.1 Å². The Balaban J connectivity index is 1.79. The lowest BCUT2D eigenvalue weighted by atomic mass is 10.2. The van der Waals surface area contributed by atoms with Crippen LogP contribution in [0.1, 0.15) is 5.56 Å². The average Bonchev–Trinajstić information content (AvgIpc) is 2.50. The highest BCUT2D eigenvalue weighted by Gasteiger charge is 2.15. The van der Waals surface area contributed by atoms with E-state index in [-0.39, 0.29) is 16.5 Å². The van der Waals surface area contributed by atoms with Crippen LogP contribution in [0.3, 0.4) is 0 Å². The summed E-state index contributed by atoms with van der Waals surface area (Å²) in [6.45, 7) is 1.21. The first kappa shape index (κ1) is 16.5. The van der Waals surface area contributed by atoms with Gasteiger partial charge in [0.25, 0.3) is 0 Å². The molecule has 0 bridgehead atoms. The number of halogens is 2. The van der Waals surface area contributed by atoms with Gasteiger partial charge in [0.05, 0.1) is 23.2 Å². The maximum atomic E-state index is 10.9. The predicted molar refractivity (Wildman–Crippen MR) is 85.5 cm³/mol. The fourth-order valence-corrected chi connectivity index (χ4v) is 1.99. The second kappa shape index (κ2) is 7.93. The van der Waals surface area contributed by atoms with Crippen molar-refractivity contribution in [3.05, 3.63) is 62.3 Å². The molecule has 0 spiro atoms. The van der Waals surface area contributed by atoms with Crippen LogP contribution in [0.5, 0.6) is 0 Å². The summed E-state index contributed by atoms with van der Waals surface area (Å²) >= 11 is 11.5. The molecular weight excluding hydrogens is 329 g/mol. The molecule has 0 aliphatic carbocycles. The topological polar surface area (TPSA) is 77.3 Å². The lowest BCUT2D eigenvalue weighted by molar-refractivity contribution is -0.384. The van der Waals surface area contributed by atoms with E-state index in [1.165, 1.54) is 12.3 Å². The molecule has 0 aliphatic heterocycles. The largest absolute Gasteiger partial charge is 0.375 e. The summed E-state index contributed by atoms with van der Waals surface area (Å²) in [5, 5.41) is 14.7. The SMILES string of the molecule is O=[N+]([O-])c1cc(Cl)cnc1NCCOCc1ccc(Cl)cc1. The van der Waals surface area contributed by atoms with Gasteiger partial charge in [0.15, 0.2) is 0 Å². The average molecular weight is 342 g/mol. The number of anilines is 1. The van der Waals surface area contributed by atoms with Gasteiger partial charge in [-0.2, -0.15) is 0 Å². The van der Waals surface area contributed by atoms with Crippen molar-refractivity contribution in [3.8, 4) is 0 Å². The van der Waals surface area contributed by atoms with Crippen LogP contribution in [0.25, 0.3) is 0 Å². The van der Waals surface area contributed by atoms with Crippen molar-refractivity contribution in [2.24, 2.45) is 0 Å². The molecule has 0 saturated carbocycles. The van der Waals surface area contributed by atoms with Gasteiger partial charge in [-0.05, 0) is 17.7 Å². The third kappa shape index (κ3) is 4.84. The minimum atomic E-state index is -0.532. The van der Waals surface area contributed by atoms with E-state index in [2.05, 4.69) is 10.3 Å². The van der Waals surface area contributed by atoms with E-state index in [1.807, 2.05) is 12.1 Å². The molecule has 1 aromatic carbocycles. The van der Waals surface area contributed by atoms with Gasteiger partial charge < -0.3 is 10.1 Å². The smallest absolute Gasteiger partial charge is 0.312 e. The quantitative estimate of drug-likeness (QED) is 0.469. The minimum Gasteiger partial charge on any atom is -0.375 e. The minimum absolute atomic E-state index is 0.162. The molecule has 1 heterocycles. The van der Waals surface area contributed by atoms with E-state index in [4.69, 9.17) is 27.9 Å². The van der Waals surface area contributed by atoms with E-state index in [0.29, 0.717) is 24.8 Å². The van der Waals surface area contributed by atoms with Crippen LogP contribution in [0.4, 0.5) is 11.5 Å². The van der Waals surface area contributed by atoms with Crippen molar-refractivity contribution in [2.75, 3.05) is 18.5 Å². The molecule has 116 valence electrons. The van der Waals surface area contributed by atoms with Crippen molar-refractivity contribution in [3.63, 3.8) is 0 Å². The Morgan fingerprint density at radius 2 is 1.95 bits per heavy atom. The summed E-state index contributed by atoms with van der Waals surface area (Å²) in [5.41, 5.74) is 0.838. The van der Waals surface area contributed by atoms with Gasteiger partial charge in [0, 0.05) is 23.8 Å². The number of nitro groups is 1. The maximum absolute atomic E-state index is 10.9. The first-order chi connectivity index (χ1) is 10.6. The van der Waals surface area contributed by atoms with Gasteiger partial charge in [-0.1, -0.05) is 35.3 Å². The van der Waals surface area contributed by atoms with E-state index in [1.54, 1.807) is 12.1 Å². The van der Waals surface area contributed by atoms with Crippen LogP contribution in [0, 0.1) is 10.1 Å². The van der Waals surface area contributed by atoms with Gasteiger partial charge in [0.2, 0.25) is 5.82 Å². The predicted octanol–water partition coefficient (Wildman–Crippen LogP) is 3.93. The van der Waals surface area contributed by atoms with E-state index >= 15 is 0 Å². The second-order valence-corrected chi connectivity index (χ2v) is 5.26. The van der Waals surface area contributed by atoms with Crippen molar-refractivity contribution in [1.82, 2.24) is 4.98 Å². The number of aromatic nitrogens is 1. The molecule has 0 atom stereocenters. The number of rotatable bonds is 7. The highest BCUT2D eigenvalue weighted by Crippen LogP contribution is 2.24. The Bertz CT molecular complexity index is 650. The Labute approximate surface area is 137 Å². The number of nitrogens with zero attached hydrogens (tertiary/aromatic N) is 2. The van der Waals surface area contributed by atoms with Gasteiger partial charge >= 0.3 is 5.69 Å². The Morgan fingerprint density at radius 3 is 2.64 bits per heavy atom. The molecule has 0 saturated heterocycles. The molecule has 0 amide bonds. The zero-order valence-corrected chi connectivity index (χ0v) is 13.0. The molecule has 0 aliphatic rings. The molecule has 1 aromatic heterocycles. The van der Waals surface area contributed by atoms with Crippen molar-refractivity contribution >= 4 is 34.7 Å². The molecule has 6 nitrogen and oxygen atoms in total. The maximum Gasteiger partial charge on any atom is 0.312 e. The van der Waals surface area contributed by atoms with E-state index in [0.717, 1.165) is 5.56 Å². The first-order valence-electron chi connectivity index (χ1n) is 6.42. The van der Waals surface area contributed by atoms with Gasteiger partial charge in [-0.25, -0.2) is 4.98 Å². The highest BCUT2D eigenvalue weighted by molar-refractivity contribution is 6.30. The molecule has 2 rings (SSSR count). The molecule has 0 radical (unpaired) electrons. The van der Waals surface area contributed by atoms with Crippen LogP contribution >= 0.6 is 23.2 Å². The molecule has 22 heavy (non-hydrogen) atoms. The molecule has 0 unspecified atom stereocenters.